The lowest BCUT2D eigenvalue weighted by Crippen LogP contribution is -2.34. The fourth-order valence-corrected chi connectivity index (χ4v) is 2.75. The first-order valence-corrected chi connectivity index (χ1v) is 6.16. The van der Waals surface area contributed by atoms with E-state index in [1.807, 2.05) is 6.07 Å². The van der Waals surface area contributed by atoms with Gasteiger partial charge in [-0.2, -0.15) is 0 Å². The Kier molecular flexibility index (Phi) is 3.29. The third-order valence-corrected chi connectivity index (χ3v) is 3.54. The molecule has 0 aromatic heterocycles. The van der Waals surface area contributed by atoms with Crippen molar-refractivity contribution < 1.29 is 4.39 Å². The average molecular weight is 272 g/mol. The molecule has 1 heterocycles. The van der Waals surface area contributed by atoms with Crippen molar-refractivity contribution in [2.45, 2.75) is 19.8 Å². The molecular weight excluding hydrogens is 257 g/mol. The Bertz CT molecular complexity index is 353. The highest BCUT2D eigenvalue weighted by molar-refractivity contribution is 9.10. The summed E-state index contributed by atoms with van der Waals surface area (Å²) >= 11 is 3.42. The molecule has 0 bridgehead atoms. The van der Waals surface area contributed by atoms with Crippen molar-refractivity contribution in [3.63, 3.8) is 0 Å². The molecule has 1 aliphatic heterocycles. The number of halogens is 2. The molecule has 15 heavy (non-hydrogen) atoms. The zero-order valence-corrected chi connectivity index (χ0v) is 10.4. The van der Waals surface area contributed by atoms with Crippen molar-refractivity contribution in [1.82, 2.24) is 0 Å². The van der Waals surface area contributed by atoms with E-state index in [9.17, 15) is 4.39 Å². The number of rotatable bonds is 1. The minimum Gasteiger partial charge on any atom is -0.370 e. The first kappa shape index (κ1) is 10.9. The standard InChI is InChI=1S/C12H15BrFN/c1-9-3-2-6-15(8-9)12-5-4-10(14)7-11(12)13/h4-5,7,9H,2-3,6,8H2,1H3. The van der Waals surface area contributed by atoms with Crippen molar-refractivity contribution >= 4 is 21.6 Å². The van der Waals surface area contributed by atoms with Gasteiger partial charge < -0.3 is 4.90 Å². The Hall–Kier alpha value is -0.570. The van der Waals surface area contributed by atoms with Crippen LogP contribution in [0.5, 0.6) is 0 Å². The maximum absolute atomic E-state index is 12.9. The number of hydrogen-bond donors (Lipinski definition) is 0. The van der Waals surface area contributed by atoms with Crippen LogP contribution >= 0.6 is 15.9 Å². The Morgan fingerprint density at radius 2 is 2.27 bits per heavy atom. The normalized spacial score (nSPS) is 21.8. The molecule has 1 aromatic carbocycles. The summed E-state index contributed by atoms with van der Waals surface area (Å²) in [5.74, 6) is 0.548. The van der Waals surface area contributed by atoms with Crippen LogP contribution in [-0.4, -0.2) is 13.1 Å². The van der Waals surface area contributed by atoms with Gasteiger partial charge >= 0.3 is 0 Å². The van der Waals surface area contributed by atoms with Gasteiger partial charge in [-0.15, -0.1) is 0 Å². The smallest absolute Gasteiger partial charge is 0.124 e. The predicted octanol–water partition coefficient (Wildman–Crippen LogP) is 3.82. The SMILES string of the molecule is CC1CCCN(c2ccc(F)cc2Br)C1. The molecule has 0 amide bonds. The Labute approximate surface area is 98.4 Å². The minimum atomic E-state index is -0.185. The molecule has 1 aliphatic rings. The fraction of sp³-hybridized carbons (Fsp3) is 0.500. The zero-order valence-electron chi connectivity index (χ0n) is 8.84. The molecule has 1 saturated heterocycles. The van der Waals surface area contributed by atoms with Gasteiger partial charge in [-0.1, -0.05) is 6.92 Å². The molecule has 1 unspecified atom stereocenters. The molecule has 2 rings (SSSR count). The van der Waals surface area contributed by atoms with E-state index in [2.05, 4.69) is 27.8 Å². The van der Waals surface area contributed by atoms with Crippen LogP contribution in [0.25, 0.3) is 0 Å². The van der Waals surface area contributed by atoms with Gasteiger partial charge in [-0.05, 0) is 52.9 Å². The van der Waals surface area contributed by atoms with E-state index in [0.717, 1.165) is 29.2 Å². The molecule has 1 atom stereocenters. The van der Waals surface area contributed by atoms with Crippen molar-refractivity contribution in [3.05, 3.63) is 28.5 Å². The summed E-state index contributed by atoms with van der Waals surface area (Å²) in [6, 6.07) is 4.92. The van der Waals surface area contributed by atoms with Crippen LogP contribution in [0.4, 0.5) is 10.1 Å². The second-order valence-electron chi connectivity index (χ2n) is 4.29. The summed E-state index contributed by atoms with van der Waals surface area (Å²) < 4.78 is 13.8. The molecule has 1 nitrogen and oxygen atoms in total. The molecule has 1 aromatic rings. The quantitative estimate of drug-likeness (QED) is 0.751. The molecule has 0 radical (unpaired) electrons. The summed E-state index contributed by atoms with van der Waals surface area (Å²) in [7, 11) is 0. The topological polar surface area (TPSA) is 3.24 Å². The predicted molar refractivity (Wildman–Crippen MR) is 64.7 cm³/mol. The van der Waals surface area contributed by atoms with Gasteiger partial charge in [-0.25, -0.2) is 4.39 Å². The Morgan fingerprint density at radius 3 is 2.93 bits per heavy atom. The van der Waals surface area contributed by atoms with Crippen LogP contribution in [0, 0.1) is 11.7 Å². The second kappa shape index (κ2) is 4.52. The lowest BCUT2D eigenvalue weighted by molar-refractivity contribution is 0.446. The number of hydrogen-bond acceptors (Lipinski definition) is 1. The van der Waals surface area contributed by atoms with Crippen LogP contribution in [0.3, 0.4) is 0 Å². The monoisotopic (exact) mass is 271 g/mol. The number of nitrogens with zero attached hydrogens (tertiary/aromatic N) is 1. The summed E-state index contributed by atoms with van der Waals surface area (Å²) in [6.45, 7) is 4.42. The maximum atomic E-state index is 12.9. The third kappa shape index (κ3) is 2.51. The molecule has 0 N–H and O–H groups in total. The highest BCUT2D eigenvalue weighted by Gasteiger charge is 2.18. The lowest BCUT2D eigenvalue weighted by atomic mass is 10.00. The largest absolute Gasteiger partial charge is 0.370 e. The highest BCUT2D eigenvalue weighted by atomic mass is 79.9. The van der Waals surface area contributed by atoms with Crippen LogP contribution in [0.1, 0.15) is 19.8 Å². The van der Waals surface area contributed by atoms with Gasteiger partial charge in [0.05, 0.1) is 5.69 Å². The van der Waals surface area contributed by atoms with Gasteiger partial charge in [0.15, 0.2) is 0 Å². The summed E-state index contributed by atoms with van der Waals surface area (Å²) in [5, 5.41) is 0. The molecule has 0 aliphatic carbocycles. The summed E-state index contributed by atoms with van der Waals surface area (Å²) in [5.41, 5.74) is 1.11. The number of piperidine rings is 1. The molecular formula is C12H15BrFN. The maximum Gasteiger partial charge on any atom is 0.124 e. The van der Waals surface area contributed by atoms with Gasteiger partial charge in [0.1, 0.15) is 5.82 Å². The Morgan fingerprint density at radius 1 is 1.47 bits per heavy atom. The molecule has 0 saturated carbocycles. The summed E-state index contributed by atoms with van der Waals surface area (Å²) in [6.07, 6.45) is 2.53. The first-order valence-electron chi connectivity index (χ1n) is 5.37. The van der Waals surface area contributed by atoms with E-state index >= 15 is 0 Å². The van der Waals surface area contributed by atoms with Crippen LogP contribution < -0.4 is 4.90 Å². The molecule has 1 fully saturated rings. The van der Waals surface area contributed by atoms with Crippen molar-refractivity contribution in [2.75, 3.05) is 18.0 Å². The Balaban J connectivity index is 2.21. The van der Waals surface area contributed by atoms with E-state index in [4.69, 9.17) is 0 Å². The number of anilines is 1. The summed E-state index contributed by atoms with van der Waals surface area (Å²) in [4.78, 5) is 2.33. The zero-order chi connectivity index (χ0) is 10.8. The van der Waals surface area contributed by atoms with E-state index in [1.165, 1.54) is 25.0 Å². The highest BCUT2D eigenvalue weighted by Crippen LogP contribution is 2.30. The molecule has 82 valence electrons. The van der Waals surface area contributed by atoms with E-state index in [-0.39, 0.29) is 5.82 Å². The van der Waals surface area contributed by atoms with Gasteiger partial charge in [0.25, 0.3) is 0 Å². The van der Waals surface area contributed by atoms with Crippen LogP contribution in [0.2, 0.25) is 0 Å². The van der Waals surface area contributed by atoms with Crippen molar-refractivity contribution in [3.8, 4) is 0 Å². The van der Waals surface area contributed by atoms with Crippen LogP contribution in [0.15, 0.2) is 22.7 Å². The first-order chi connectivity index (χ1) is 7.16. The number of benzene rings is 1. The minimum absolute atomic E-state index is 0.185. The van der Waals surface area contributed by atoms with Crippen molar-refractivity contribution in [2.24, 2.45) is 5.92 Å². The van der Waals surface area contributed by atoms with Crippen molar-refractivity contribution in [1.29, 1.82) is 0 Å². The van der Waals surface area contributed by atoms with Gasteiger partial charge in [0.2, 0.25) is 0 Å². The average Bonchev–Trinajstić information content (AvgIpc) is 2.17. The van der Waals surface area contributed by atoms with E-state index in [1.54, 1.807) is 0 Å². The fourth-order valence-electron chi connectivity index (χ4n) is 2.15. The molecule has 0 spiro atoms. The third-order valence-electron chi connectivity index (χ3n) is 2.91. The van der Waals surface area contributed by atoms with Crippen LogP contribution in [-0.2, 0) is 0 Å². The van der Waals surface area contributed by atoms with E-state index in [0.29, 0.717) is 0 Å². The molecule has 3 heteroatoms. The second-order valence-corrected chi connectivity index (χ2v) is 5.14. The van der Waals surface area contributed by atoms with Gasteiger partial charge in [0, 0.05) is 17.6 Å². The lowest BCUT2D eigenvalue weighted by Gasteiger charge is -2.33. The van der Waals surface area contributed by atoms with Gasteiger partial charge in [-0.3, -0.25) is 0 Å². The van der Waals surface area contributed by atoms with E-state index < -0.39 is 0 Å².